The molecule has 0 N–H and O–H groups in total. The zero-order valence-corrected chi connectivity index (χ0v) is 16.4. The summed E-state index contributed by atoms with van der Waals surface area (Å²) in [6.45, 7) is 2.05. The van der Waals surface area contributed by atoms with Crippen LogP contribution in [0.5, 0.6) is 0 Å². The molecule has 0 fully saturated rings. The first-order valence-electron chi connectivity index (χ1n) is 9.04. The molecule has 5 rings (SSSR count). The zero-order chi connectivity index (χ0) is 19.6. The zero-order valence-electron chi connectivity index (χ0n) is 15.6. The maximum atomic E-state index is 5.41. The van der Waals surface area contributed by atoms with E-state index in [0.717, 1.165) is 27.3 Å². The van der Waals surface area contributed by atoms with E-state index < -0.39 is 0 Å². The number of hydrogen-bond donors (Lipinski definition) is 0. The molecule has 0 aliphatic heterocycles. The van der Waals surface area contributed by atoms with E-state index in [1.54, 1.807) is 12.5 Å². The molecule has 0 saturated heterocycles. The lowest BCUT2D eigenvalue weighted by atomic mass is 10.1. The van der Waals surface area contributed by atoms with E-state index in [2.05, 4.69) is 25.2 Å². The molecule has 0 aliphatic rings. The Labute approximate surface area is 170 Å². The molecular weight excluding hydrogens is 384 g/mol. The average molecular weight is 400 g/mol. The first-order valence-corrected chi connectivity index (χ1v) is 10.0. The topological polar surface area (TPSA) is 82.5 Å². The minimum atomic E-state index is 0.515. The summed E-state index contributed by atoms with van der Waals surface area (Å²) in [5, 5.41) is 10.3. The number of aryl methyl sites for hydroxylation is 1. The van der Waals surface area contributed by atoms with E-state index in [0.29, 0.717) is 17.5 Å². The molecule has 0 radical (unpaired) electrons. The van der Waals surface area contributed by atoms with Crippen LogP contribution in [-0.2, 0) is 5.75 Å². The molecule has 29 heavy (non-hydrogen) atoms. The largest absolute Gasteiger partial charge is 0.338 e. The van der Waals surface area contributed by atoms with Gasteiger partial charge in [0.1, 0.15) is 11.4 Å². The van der Waals surface area contributed by atoms with Gasteiger partial charge in [0.25, 0.3) is 0 Å². The molecule has 0 spiro atoms. The molecule has 0 aliphatic carbocycles. The van der Waals surface area contributed by atoms with E-state index in [4.69, 9.17) is 4.52 Å². The predicted molar refractivity (Wildman–Crippen MR) is 111 cm³/mol. The fourth-order valence-corrected chi connectivity index (χ4v) is 3.76. The Balaban J connectivity index is 1.38. The Kier molecular flexibility index (Phi) is 4.53. The normalized spacial score (nSPS) is 11.2. The van der Waals surface area contributed by atoms with Gasteiger partial charge in [-0.2, -0.15) is 10.1 Å². The van der Waals surface area contributed by atoms with Gasteiger partial charge in [-0.05, 0) is 19.1 Å². The van der Waals surface area contributed by atoms with E-state index >= 15 is 0 Å². The van der Waals surface area contributed by atoms with E-state index in [-0.39, 0.29) is 0 Å². The second kappa shape index (κ2) is 7.48. The van der Waals surface area contributed by atoms with Gasteiger partial charge in [-0.1, -0.05) is 64.9 Å². The third-order valence-electron chi connectivity index (χ3n) is 4.44. The number of nitrogens with zero attached hydrogens (tertiary/aromatic N) is 6. The van der Waals surface area contributed by atoms with Crippen LogP contribution in [0.15, 0.2) is 76.7 Å². The number of aromatic nitrogens is 6. The van der Waals surface area contributed by atoms with Gasteiger partial charge in [0.2, 0.25) is 11.7 Å². The summed E-state index contributed by atoms with van der Waals surface area (Å²) in [7, 11) is 0. The molecule has 0 atom stereocenters. The summed E-state index contributed by atoms with van der Waals surface area (Å²) in [6, 6.07) is 17.9. The van der Waals surface area contributed by atoms with Gasteiger partial charge in [-0.3, -0.25) is 0 Å². The van der Waals surface area contributed by atoms with Crippen molar-refractivity contribution in [2.45, 2.75) is 17.7 Å². The fourth-order valence-electron chi connectivity index (χ4n) is 2.96. The smallest absolute Gasteiger partial charge is 0.237 e. The summed E-state index contributed by atoms with van der Waals surface area (Å²) in [4.78, 5) is 13.3. The van der Waals surface area contributed by atoms with Crippen LogP contribution in [0.4, 0.5) is 0 Å². The van der Waals surface area contributed by atoms with Crippen molar-refractivity contribution in [1.82, 2.24) is 29.9 Å². The molecule has 2 aromatic carbocycles. The number of hydrogen-bond acceptors (Lipinski definition) is 7. The lowest BCUT2D eigenvalue weighted by Crippen LogP contribution is -1.97. The van der Waals surface area contributed by atoms with Crippen LogP contribution in [0, 0.1) is 6.92 Å². The van der Waals surface area contributed by atoms with Gasteiger partial charge in [0.15, 0.2) is 5.65 Å². The molecule has 5 aromatic rings. The summed E-state index contributed by atoms with van der Waals surface area (Å²) in [6.07, 6.45) is 3.34. The van der Waals surface area contributed by atoms with Crippen LogP contribution in [0.3, 0.4) is 0 Å². The lowest BCUT2D eigenvalue weighted by molar-refractivity contribution is 0.391. The molecule has 8 heteroatoms. The fraction of sp³-hybridized carbons (Fsp3) is 0.0952. The monoisotopic (exact) mass is 400 g/mol. The van der Waals surface area contributed by atoms with Gasteiger partial charge in [0, 0.05) is 5.56 Å². The first kappa shape index (κ1) is 17.6. The minimum Gasteiger partial charge on any atom is -0.338 e. The van der Waals surface area contributed by atoms with Crippen LogP contribution in [0.25, 0.3) is 28.1 Å². The van der Waals surface area contributed by atoms with Crippen LogP contribution >= 0.6 is 11.8 Å². The second-order valence-electron chi connectivity index (χ2n) is 6.47. The minimum absolute atomic E-state index is 0.515. The molecule has 0 amide bonds. The van der Waals surface area contributed by atoms with E-state index in [9.17, 15) is 0 Å². The quantitative estimate of drug-likeness (QED) is 0.318. The van der Waals surface area contributed by atoms with Crippen molar-refractivity contribution < 1.29 is 4.52 Å². The molecule has 0 bridgehead atoms. The predicted octanol–water partition coefficient (Wildman–Crippen LogP) is 4.47. The molecule has 3 heterocycles. The van der Waals surface area contributed by atoms with Gasteiger partial charge in [0.05, 0.1) is 23.0 Å². The number of benzene rings is 2. The van der Waals surface area contributed by atoms with Crippen molar-refractivity contribution in [3.8, 4) is 17.1 Å². The first-order chi connectivity index (χ1) is 14.3. The maximum absolute atomic E-state index is 5.41. The lowest BCUT2D eigenvalue weighted by Gasteiger charge is -2.03. The van der Waals surface area contributed by atoms with Crippen molar-refractivity contribution >= 4 is 22.8 Å². The Hall–Kier alpha value is -3.52. The summed E-state index contributed by atoms with van der Waals surface area (Å²) in [5.74, 6) is 1.65. The highest BCUT2D eigenvalue weighted by Crippen LogP contribution is 2.28. The average Bonchev–Trinajstić information content (AvgIpc) is 3.41. The van der Waals surface area contributed by atoms with Gasteiger partial charge < -0.3 is 4.52 Å². The molecular formula is C21H16N6OS. The Morgan fingerprint density at radius 3 is 2.66 bits per heavy atom. The van der Waals surface area contributed by atoms with Crippen LogP contribution in [0.1, 0.15) is 11.5 Å². The van der Waals surface area contributed by atoms with Crippen molar-refractivity contribution in [2.75, 3.05) is 0 Å². The van der Waals surface area contributed by atoms with Gasteiger partial charge in [-0.25, -0.2) is 14.6 Å². The number of fused-ring (bicyclic) bond motifs is 1. The third kappa shape index (κ3) is 3.50. The molecule has 0 unspecified atom stereocenters. The number of thioether (sulfide) groups is 1. The van der Waals surface area contributed by atoms with Crippen molar-refractivity contribution in [3.05, 3.63) is 78.6 Å². The van der Waals surface area contributed by atoms with Crippen LogP contribution in [-0.4, -0.2) is 29.9 Å². The molecule has 3 aromatic heterocycles. The second-order valence-corrected chi connectivity index (χ2v) is 7.44. The molecule has 142 valence electrons. The van der Waals surface area contributed by atoms with Crippen molar-refractivity contribution in [2.24, 2.45) is 0 Å². The SMILES string of the molecule is Cc1ccc(-c2noc(CSc3ncnc4c3cnn4-c3ccccc3)n2)cc1. The third-order valence-corrected chi connectivity index (χ3v) is 5.43. The van der Waals surface area contributed by atoms with Gasteiger partial charge in [-0.15, -0.1) is 0 Å². The Bertz CT molecular complexity index is 1260. The Morgan fingerprint density at radius 2 is 1.83 bits per heavy atom. The highest BCUT2D eigenvalue weighted by molar-refractivity contribution is 7.98. The summed E-state index contributed by atoms with van der Waals surface area (Å²) >= 11 is 1.52. The van der Waals surface area contributed by atoms with Crippen LogP contribution in [0.2, 0.25) is 0 Å². The summed E-state index contributed by atoms with van der Waals surface area (Å²) in [5.41, 5.74) is 3.84. The highest BCUT2D eigenvalue weighted by atomic mass is 32.2. The van der Waals surface area contributed by atoms with Crippen LogP contribution < -0.4 is 0 Å². The Morgan fingerprint density at radius 1 is 1.00 bits per heavy atom. The highest BCUT2D eigenvalue weighted by Gasteiger charge is 2.14. The van der Waals surface area contributed by atoms with Crippen molar-refractivity contribution in [3.63, 3.8) is 0 Å². The van der Waals surface area contributed by atoms with E-state index in [1.165, 1.54) is 17.3 Å². The van der Waals surface area contributed by atoms with E-state index in [1.807, 2.05) is 66.2 Å². The maximum Gasteiger partial charge on any atom is 0.237 e. The number of para-hydroxylation sites is 1. The summed E-state index contributed by atoms with van der Waals surface area (Å²) < 4.78 is 7.22. The number of rotatable bonds is 5. The standard InChI is InChI=1S/C21H16N6OS/c1-14-7-9-15(10-8-14)19-25-18(28-26-19)12-29-21-17-11-24-27(20(17)22-13-23-21)16-5-3-2-4-6-16/h2-11,13H,12H2,1H3. The van der Waals surface area contributed by atoms with Crippen molar-refractivity contribution in [1.29, 1.82) is 0 Å². The molecule has 7 nitrogen and oxygen atoms in total. The van der Waals surface area contributed by atoms with Gasteiger partial charge >= 0.3 is 0 Å². The molecule has 0 saturated carbocycles.